The molecule has 0 amide bonds. The molecule has 0 heterocycles. The molecule has 4 rings (SSSR count). The lowest BCUT2D eigenvalue weighted by atomic mass is 9.47. The summed E-state index contributed by atoms with van der Waals surface area (Å²) in [7, 11) is 0. The third kappa shape index (κ3) is 1.90. The van der Waals surface area contributed by atoms with Crippen LogP contribution in [0.2, 0.25) is 0 Å². The Bertz CT molecular complexity index is 542. The Morgan fingerprint density at radius 1 is 1.18 bits per heavy atom. The van der Waals surface area contributed by atoms with Crippen molar-refractivity contribution in [3.05, 3.63) is 11.6 Å². The number of hydrogen-bond donors (Lipinski definition) is 1. The fraction of sp³-hybridized carbons (Fsp3) is 0.842. The van der Waals surface area contributed by atoms with E-state index >= 15 is 0 Å². The van der Waals surface area contributed by atoms with Gasteiger partial charge in [0.05, 0.1) is 6.10 Å². The Labute approximate surface area is 141 Å². The van der Waals surface area contributed by atoms with Crippen molar-refractivity contribution in [1.29, 1.82) is 0 Å². The van der Waals surface area contributed by atoms with E-state index in [-0.39, 0.29) is 16.9 Å². The molecular formula is C19H27BrO2. The molecule has 0 radical (unpaired) electrons. The second-order valence-corrected chi connectivity index (χ2v) is 9.81. The molecule has 4 aliphatic carbocycles. The van der Waals surface area contributed by atoms with E-state index in [1.807, 2.05) is 6.08 Å². The molecule has 7 atom stereocenters. The molecule has 0 aromatic heterocycles. The number of carbonyl (C=O) groups excluding carboxylic acids is 1. The molecule has 2 unspecified atom stereocenters. The summed E-state index contributed by atoms with van der Waals surface area (Å²) >= 11 is 3.90. The van der Waals surface area contributed by atoms with Crippen molar-refractivity contribution in [1.82, 2.24) is 0 Å². The smallest absolute Gasteiger partial charge is 0.155 e. The van der Waals surface area contributed by atoms with Gasteiger partial charge < -0.3 is 5.11 Å². The van der Waals surface area contributed by atoms with Crippen molar-refractivity contribution in [2.45, 2.75) is 69.7 Å². The Morgan fingerprint density at radius 2 is 1.95 bits per heavy atom. The van der Waals surface area contributed by atoms with Gasteiger partial charge in [0.1, 0.15) is 0 Å². The number of aliphatic hydroxyl groups excluding tert-OH is 1. The summed E-state index contributed by atoms with van der Waals surface area (Å²) in [5.41, 5.74) is 1.70. The van der Waals surface area contributed by atoms with Crippen LogP contribution in [0.3, 0.4) is 0 Å². The molecule has 4 aliphatic rings. The number of ketones is 1. The minimum absolute atomic E-state index is 0.107. The fourth-order valence-electron chi connectivity index (χ4n) is 6.53. The first-order valence-electron chi connectivity index (χ1n) is 8.93. The van der Waals surface area contributed by atoms with Gasteiger partial charge in [0.15, 0.2) is 5.78 Å². The minimum atomic E-state index is -0.107. The van der Waals surface area contributed by atoms with Crippen LogP contribution in [0, 0.1) is 28.6 Å². The van der Waals surface area contributed by atoms with Gasteiger partial charge in [-0.1, -0.05) is 29.8 Å². The SMILES string of the molecule is C[C@]12CCC(=O)C=C1C(Br)C[C@@H]1[C@H]2CC[C@]2(C)C(O)CC[C@@H]12. The number of aliphatic hydroxyl groups is 1. The molecule has 0 saturated heterocycles. The van der Waals surface area contributed by atoms with Crippen LogP contribution in [-0.4, -0.2) is 21.8 Å². The van der Waals surface area contributed by atoms with E-state index in [4.69, 9.17) is 0 Å². The Morgan fingerprint density at radius 3 is 2.73 bits per heavy atom. The van der Waals surface area contributed by atoms with E-state index in [0.29, 0.717) is 34.8 Å². The molecular weight excluding hydrogens is 340 g/mol. The van der Waals surface area contributed by atoms with Gasteiger partial charge >= 0.3 is 0 Å². The lowest BCUT2D eigenvalue weighted by Gasteiger charge is -2.58. The van der Waals surface area contributed by atoms with Crippen LogP contribution < -0.4 is 0 Å². The Kier molecular flexibility index (Phi) is 3.44. The van der Waals surface area contributed by atoms with Crippen LogP contribution in [0.4, 0.5) is 0 Å². The molecule has 3 fully saturated rings. The summed E-state index contributed by atoms with van der Waals surface area (Å²) < 4.78 is 0. The minimum Gasteiger partial charge on any atom is -0.393 e. The normalized spacial score (nSPS) is 54.3. The van der Waals surface area contributed by atoms with Crippen molar-refractivity contribution in [2.24, 2.45) is 28.6 Å². The van der Waals surface area contributed by atoms with Crippen LogP contribution in [0.5, 0.6) is 0 Å². The molecule has 22 heavy (non-hydrogen) atoms. The first kappa shape index (κ1) is 15.4. The highest BCUT2D eigenvalue weighted by atomic mass is 79.9. The second kappa shape index (κ2) is 4.92. The zero-order valence-corrected chi connectivity index (χ0v) is 15.2. The van der Waals surface area contributed by atoms with Crippen molar-refractivity contribution in [3.8, 4) is 0 Å². The predicted octanol–water partition coefficient (Wildman–Crippen LogP) is 4.25. The topological polar surface area (TPSA) is 37.3 Å². The van der Waals surface area contributed by atoms with Gasteiger partial charge in [0.25, 0.3) is 0 Å². The molecule has 0 spiro atoms. The third-order valence-electron chi connectivity index (χ3n) is 7.89. The molecule has 0 aromatic carbocycles. The molecule has 2 nitrogen and oxygen atoms in total. The first-order valence-corrected chi connectivity index (χ1v) is 9.85. The van der Waals surface area contributed by atoms with E-state index in [9.17, 15) is 9.90 Å². The molecule has 0 aliphatic heterocycles. The van der Waals surface area contributed by atoms with Crippen LogP contribution in [-0.2, 0) is 4.79 Å². The number of carbonyl (C=O) groups is 1. The standard InChI is InChI=1S/C19H27BrO2/c1-18-7-5-11(21)9-15(18)16(20)10-12-13-3-4-17(22)19(13,2)8-6-14(12)18/h9,12-14,16-17,22H,3-8,10H2,1-2H3/t12-,13-,14+,16?,17?,18+,19-/m0/s1. The quantitative estimate of drug-likeness (QED) is 0.650. The van der Waals surface area contributed by atoms with Gasteiger partial charge in [-0.2, -0.15) is 0 Å². The van der Waals surface area contributed by atoms with Crippen LogP contribution in [0.15, 0.2) is 11.6 Å². The Hall–Kier alpha value is -0.150. The molecule has 0 bridgehead atoms. The highest BCUT2D eigenvalue weighted by molar-refractivity contribution is 9.09. The number of hydrogen-bond acceptors (Lipinski definition) is 2. The van der Waals surface area contributed by atoms with Crippen LogP contribution in [0.1, 0.15) is 58.8 Å². The number of allylic oxidation sites excluding steroid dienone is 1. The van der Waals surface area contributed by atoms with Crippen LogP contribution >= 0.6 is 15.9 Å². The van der Waals surface area contributed by atoms with Gasteiger partial charge in [-0.15, -0.1) is 0 Å². The van der Waals surface area contributed by atoms with Gasteiger partial charge in [-0.3, -0.25) is 4.79 Å². The van der Waals surface area contributed by atoms with Gasteiger partial charge in [0.2, 0.25) is 0 Å². The zero-order chi connectivity index (χ0) is 15.7. The molecule has 0 aromatic rings. The average molecular weight is 367 g/mol. The summed E-state index contributed by atoms with van der Waals surface area (Å²) in [6.45, 7) is 4.73. The van der Waals surface area contributed by atoms with Crippen molar-refractivity contribution >= 4 is 21.7 Å². The molecule has 3 saturated carbocycles. The second-order valence-electron chi connectivity index (χ2n) is 8.70. The highest BCUT2D eigenvalue weighted by Crippen LogP contribution is 2.65. The van der Waals surface area contributed by atoms with E-state index < -0.39 is 0 Å². The highest BCUT2D eigenvalue weighted by Gasteiger charge is 2.60. The number of fused-ring (bicyclic) bond motifs is 5. The van der Waals surface area contributed by atoms with Gasteiger partial charge in [-0.25, -0.2) is 0 Å². The van der Waals surface area contributed by atoms with E-state index in [2.05, 4.69) is 29.8 Å². The van der Waals surface area contributed by atoms with Crippen molar-refractivity contribution in [2.75, 3.05) is 0 Å². The molecule has 1 N–H and O–H groups in total. The largest absolute Gasteiger partial charge is 0.393 e. The molecule has 122 valence electrons. The van der Waals surface area contributed by atoms with E-state index in [1.165, 1.54) is 18.4 Å². The first-order chi connectivity index (χ1) is 10.4. The zero-order valence-electron chi connectivity index (χ0n) is 13.6. The van der Waals surface area contributed by atoms with E-state index in [0.717, 1.165) is 25.7 Å². The maximum atomic E-state index is 11.9. The number of rotatable bonds is 0. The predicted molar refractivity (Wildman–Crippen MR) is 90.8 cm³/mol. The van der Waals surface area contributed by atoms with E-state index in [1.54, 1.807) is 0 Å². The lowest BCUT2D eigenvalue weighted by molar-refractivity contribution is -0.117. The fourth-order valence-corrected chi connectivity index (χ4v) is 7.62. The summed E-state index contributed by atoms with van der Waals surface area (Å²) in [5, 5.41) is 10.5. The summed E-state index contributed by atoms with van der Waals surface area (Å²) in [6.07, 6.45) is 9.27. The molecule has 3 heteroatoms. The summed E-state index contributed by atoms with van der Waals surface area (Å²) in [6, 6.07) is 0. The number of alkyl halides is 1. The summed E-state index contributed by atoms with van der Waals surface area (Å²) in [4.78, 5) is 12.3. The maximum absolute atomic E-state index is 11.9. The van der Waals surface area contributed by atoms with Gasteiger partial charge in [0, 0.05) is 11.2 Å². The number of halogens is 1. The van der Waals surface area contributed by atoms with Gasteiger partial charge in [-0.05, 0) is 78.8 Å². The van der Waals surface area contributed by atoms with Crippen molar-refractivity contribution < 1.29 is 9.90 Å². The van der Waals surface area contributed by atoms with Crippen molar-refractivity contribution in [3.63, 3.8) is 0 Å². The summed E-state index contributed by atoms with van der Waals surface area (Å²) in [5.74, 6) is 2.38. The third-order valence-corrected chi connectivity index (χ3v) is 8.76. The van der Waals surface area contributed by atoms with Crippen LogP contribution in [0.25, 0.3) is 0 Å². The maximum Gasteiger partial charge on any atom is 0.155 e. The monoisotopic (exact) mass is 366 g/mol. The Balaban J connectivity index is 1.73. The lowest BCUT2D eigenvalue weighted by Crippen LogP contribution is -2.53. The average Bonchev–Trinajstić information content (AvgIpc) is 2.77.